The highest BCUT2D eigenvalue weighted by Crippen LogP contribution is 2.32. The number of para-hydroxylation sites is 1. The van der Waals surface area contributed by atoms with Crippen molar-refractivity contribution in [1.82, 2.24) is 0 Å². The fraction of sp³-hybridized carbons (Fsp3) is 0.0870. The molecule has 0 N–H and O–H groups in total. The van der Waals surface area contributed by atoms with Crippen molar-refractivity contribution in [3.63, 3.8) is 0 Å². The minimum absolute atomic E-state index is 0.0650. The number of benzene rings is 3. The summed E-state index contributed by atoms with van der Waals surface area (Å²) >= 11 is 0. The molecule has 0 unspecified atom stereocenters. The van der Waals surface area contributed by atoms with Gasteiger partial charge in [-0.05, 0) is 42.5 Å². The number of rotatable bonds is 7. The number of nitro benzene ring substituents is 1. The molecule has 38 heavy (non-hydrogen) atoms. The van der Waals surface area contributed by atoms with E-state index in [2.05, 4.69) is 0 Å². The molecule has 0 radical (unpaired) electrons. The number of non-ortho nitro benzene ring substituents is 1. The van der Waals surface area contributed by atoms with Gasteiger partial charge in [-0.1, -0.05) is 18.2 Å². The average Bonchev–Trinajstić information content (AvgIpc) is 2.84. The SMILES string of the molecule is O=c1oc2c(OS(=O)(=O)c3ccc([N+](=O)[O-])cc3)cccc2cc1CS(=O)(=O)c1cccc(C(F)(F)F)c1. The second kappa shape index (κ2) is 9.57. The van der Waals surface area contributed by atoms with E-state index in [0.717, 1.165) is 48.5 Å². The third kappa shape index (κ3) is 5.52. The van der Waals surface area contributed by atoms with Crippen molar-refractivity contribution in [3.8, 4) is 5.75 Å². The summed E-state index contributed by atoms with van der Waals surface area (Å²) in [5, 5.41) is 10.8. The monoisotopic (exact) mass is 569 g/mol. The molecule has 198 valence electrons. The molecule has 0 saturated heterocycles. The van der Waals surface area contributed by atoms with Crippen molar-refractivity contribution in [2.24, 2.45) is 0 Å². The first kappa shape index (κ1) is 26.8. The number of alkyl halides is 3. The van der Waals surface area contributed by atoms with E-state index < -0.39 is 69.1 Å². The van der Waals surface area contributed by atoms with Crippen LogP contribution in [0.15, 0.2) is 91.8 Å². The summed E-state index contributed by atoms with van der Waals surface area (Å²) < 4.78 is 100.0. The Morgan fingerprint density at radius 3 is 2.18 bits per heavy atom. The van der Waals surface area contributed by atoms with Crippen LogP contribution >= 0.6 is 0 Å². The van der Waals surface area contributed by atoms with E-state index in [1.807, 2.05) is 0 Å². The van der Waals surface area contributed by atoms with Crippen LogP contribution < -0.4 is 9.81 Å². The Morgan fingerprint density at radius 1 is 0.895 bits per heavy atom. The molecular formula is C23H14F3NO9S2. The molecule has 0 saturated carbocycles. The zero-order chi connectivity index (χ0) is 27.9. The molecule has 3 aromatic carbocycles. The van der Waals surface area contributed by atoms with E-state index in [4.69, 9.17) is 8.60 Å². The highest BCUT2D eigenvalue weighted by molar-refractivity contribution is 7.90. The first-order valence-corrected chi connectivity index (χ1v) is 13.4. The fourth-order valence-corrected chi connectivity index (χ4v) is 5.68. The normalized spacial score (nSPS) is 12.4. The molecule has 0 bridgehead atoms. The van der Waals surface area contributed by atoms with Crippen LogP contribution in [0.5, 0.6) is 5.75 Å². The number of hydrogen-bond donors (Lipinski definition) is 0. The largest absolute Gasteiger partial charge is 0.418 e. The Morgan fingerprint density at radius 2 is 1.55 bits per heavy atom. The van der Waals surface area contributed by atoms with Gasteiger partial charge in [0, 0.05) is 17.5 Å². The average molecular weight is 569 g/mol. The van der Waals surface area contributed by atoms with Gasteiger partial charge in [0.05, 0.1) is 26.7 Å². The lowest BCUT2D eigenvalue weighted by molar-refractivity contribution is -0.384. The van der Waals surface area contributed by atoms with Gasteiger partial charge in [0.15, 0.2) is 21.2 Å². The molecule has 4 rings (SSSR count). The third-order valence-electron chi connectivity index (χ3n) is 5.20. The van der Waals surface area contributed by atoms with Crippen molar-refractivity contribution in [2.45, 2.75) is 21.7 Å². The lowest BCUT2D eigenvalue weighted by Gasteiger charge is -2.11. The van der Waals surface area contributed by atoms with E-state index in [-0.39, 0.29) is 16.7 Å². The molecular weight excluding hydrogens is 555 g/mol. The number of halogens is 3. The van der Waals surface area contributed by atoms with Gasteiger partial charge in [-0.2, -0.15) is 21.6 Å². The summed E-state index contributed by atoms with van der Waals surface area (Å²) in [5.41, 5.74) is -3.47. The minimum Gasteiger partial charge on any atom is -0.418 e. The molecule has 1 aromatic heterocycles. The predicted octanol–water partition coefficient (Wildman–Crippen LogP) is 4.46. The zero-order valence-corrected chi connectivity index (χ0v) is 20.3. The second-order valence-electron chi connectivity index (χ2n) is 7.81. The van der Waals surface area contributed by atoms with E-state index >= 15 is 0 Å². The molecule has 0 atom stereocenters. The number of sulfone groups is 1. The van der Waals surface area contributed by atoms with Gasteiger partial charge in [0.2, 0.25) is 0 Å². The number of nitrogens with zero attached hydrogens (tertiary/aromatic N) is 1. The summed E-state index contributed by atoms with van der Waals surface area (Å²) in [7, 11) is -8.93. The molecule has 0 spiro atoms. The van der Waals surface area contributed by atoms with Crippen LogP contribution in [0.2, 0.25) is 0 Å². The van der Waals surface area contributed by atoms with Crippen LogP contribution in [0.1, 0.15) is 11.1 Å². The van der Waals surface area contributed by atoms with Gasteiger partial charge < -0.3 is 8.60 Å². The highest BCUT2D eigenvalue weighted by atomic mass is 32.2. The van der Waals surface area contributed by atoms with Crippen LogP contribution in [0, 0.1) is 10.1 Å². The third-order valence-corrected chi connectivity index (χ3v) is 8.11. The second-order valence-corrected chi connectivity index (χ2v) is 11.3. The Kier molecular flexibility index (Phi) is 6.75. The highest BCUT2D eigenvalue weighted by Gasteiger charge is 2.32. The first-order chi connectivity index (χ1) is 17.7. The minimum atomic E-state index is -4.78. The molecule has 10 nitrogen and oxygen atoms in total. The molecule has 0 amide bonds. The molecule has 1 heterocycles. The fourth-order valence-electron chi connectivity index (χ4n) is 3.38. The van der Waals surface area contributed by atoms with E-state index in [0.29, 0.717) is 12.1 Å². The van der Waals surface area contributed by atoms with Gasteiger partial charge in [0.1, 0.15) is 4.90 Å². The van der Waals surface area contributed by atoms with Gasteiger partial charge >= 0.3 is 21.9 Å². The summed E-state index contributed by atoms with van der Waals surface area (Å²) in [6.07, 6.45) is -4.78. The standard InChI is InChI=1S/C23H14F3NO9S2/c24-23(25,26)16-4-2-5-19(12-16)37(31,32)13-15-11-14-3-1-6-20(21(14)35-22(15)28)36-38(33,34)18-9-7-17(8-10-18)27(29)30/h1-12H,13H2. The quantitative estimate of drug-likeness (QED) is 0.136. The van der Waals surface area contributed by atoms with E-state index in [9.17, 15) is 44.9 Å². The summed E-state index contributed by atoms with van der Waals surface area (Å²) in [6.45, 7) is 0. The Bertz CT molecular complexity index is 1830. The van der Waals surface area contributed by atoms with Crippen LogP contribution in [0.4, 0.5) is 18.9 Å². The van der Waals surface area contributed by atoms with Gasteiger partial charge in [-0.3, -0.25) is 10.1 Å². The molecule has 15 heteroatoms. The maximum absolute atomic E-state index is 13.0. The summed E-state index contributed by atoms with van der Waals surface area (Å²) in [6, 6.07) is 11.8. The molecule has 0 aliphatic heterocycles. The van der Waals surface area contributed by atoms with Crippen molar-refractivity contribution < 1.29 is 43.5 Å². The number of hydrogen-bond acceptors (Lipinski definition) is 9. The van der Waals surface area contributed by atoms with Gasteiger partial charge in [-0.15, -0.1) is 0 Å². The lowest BCUT2D eigenvalue weighted by Crippen LogP contribution is -2.15. The van der Waals surface area contributed by atoms with Gasteiger partial charge in [0.25, 0.3) is 5.69 Å². The first-order valence-electron chi connectivity index (χ1n) is 10.3. The summed E-state index contributed by atoms with van der Waals surface area (Å²) in [5.74, 6) is -1.41. The van der Waals surface area contributed by atoms with Gasteiger partial charge in [-0.25, -0.2) is 13.2 Å². The van der Waals surface area contributed by atoms with Crippen LogP contribution in [-0.4, -0.2) is 21.8 Å². The van der Waals surface area contributed by atoms with Crippen molar-refractivity contribution >= 4 is 36.6 Å². The molecule has 0 fully saturated rings. The van der Waals surface area contributed by atoms with Crippen LogP contribution in [-0.2, 0) is 31.9 Å². The zero-order valence-electron chi connectivity index (χ0n) is 18.7. The van der Waals surface area contributed by atoms with E-state index in [1.54, 1.807) is 0 Å². The van der Waals surface area contributed by atoms with Crippen molar-refractivity contribution in [2.75, 3.05) is 0 Å². The smallest absolute Gasteiger partial charge is 0.416 e. The Labute approximate surface area is 212 Å². The maximum Gasteiger partial charge on any atom is 0.416 e. The number of fused-ring (bicyclic) bond motifs is 1. The maximum atomic E-state index is 13.0. The molecule has 0 aliphatic rings. The lowest BCUT2D eigenvalue weighted by atomic mass is 10.2. The molecule has 0 aliphatic carbocycles. The Hall–Kier alpha value is -4.24. The van der Waals surface area contributed by atoms with Crippen molar-refractivity contribution in [3.05, 3.63) is 104 Å². The van der Waals surface area contributed by atoms with Crippen LogP contribution in [0.3, 0.4) is 0 Å². The number of nitro groups is 1. The Balaban J connectivity index is 1.67. The summed E-state index contributed by atoms with van der Waals surface area (Å²) in [4.78, 5) is 21.6. The topological polar surface area (TPSA) is 151 Å². The predicted molar refractivity (Wildman–Crippen MR) is 126 cm³/mol. The van der Waals surface area contributed by atoms with Crippen molar-refractivity contribution in [1.29, 1.82) is 0 Å². The van der Waals surface area contributed by atoms with E-state index in [1.165, 1.54) is 12.1 Å². The molecule has 4 aromatic rings. The van der Waals surface area contributed by atoms with Crippen LogP contribution in [0.25, 0.3) is 11.0 Å².